The molecule has 0 rings (SSSR count). The number of methoxy groups -OCH3 is 1. The van der Waals surface area contributed by atoms with Gasteiger partial charge in [-0.3, -0.25) is 0 Å². The third kappa shape index (κ3) is 14.2. The van der Waals surface area contributed by atoms with Crippen LogP contribution in [0.1, 0.15) is 64.7 Å². The zero-order chi connectivity index (χ0) is 15.1. The zero-order valence-electron chi connectivity index (χ0n) is 13.5. The van der Waals surface area contributed by atoms with E-state index in [1.807, 2.05) is 0 Å². The summed E-state index contributed by atoms with van der Waals surface area (Å²) in [5.74, 6) is 0. The molecule has 0 saturated heterocycles. The first kappa shape index (κ1) is 19.8. The van der Waals surface area contributed by atoms with E-state index in [1.165, 1.54) is 51.4 Å². The highest BCUT2D eigenvalue weighted by Gasteiger charge is 2.05. The van der Waals surface area contributed by atoms with Gasteiger partial charge in [-0.1, -0.05) is 64.1 Å². The zero-order valence-corrected chi connectivity index (χ0v) is 14.3. The molecule has 0 heterocycles. The highest BCUT2D eigenvalue weighted by molar-refractivity contribution is 7.80. The molecule has 0 radical (unpaired) electrons. The average Bonchev–Trinajstić information content (AvgIpc) is 2.43. The van der Waals surface area contributed by atoms with Crippen molar-refractivity contribution >= 4 is 17.2 Å². The van der Waals surface area contributed by atoms with Gasteiger partial charge in [0.1, 0.15) is 0 Å². The van der Waals surface area contributed by atoms with Gasteiger partial charge >= 0.3 is 0 Å². The van der Waals surface area contributed by atoms with Crippen molar-refractivity contribution in [3.05, 3.63) is 0 Å². The monoisotopic (exact) mass is 302 g/mol. The summed E-state index contributed by atoms with van der Waals surface area (Å²) in [6.07, 6.45) is 11.7. The molecule has 0 spiro atoms. The van der Waals surface area contributed by atoms with Crippen LogP contribution in [0, 0.1) is 0 Å². The second-order valence-electron chi connectivity index (χ2n) is 5.53. The fourth-order valence-corrected chi connectivity index (χ4v) is 2.38. The van der Waals surface area contributed by atoms with Crippen LogP contribution < -0.4 is 5.73 Å². The molecule has 0 aliphatic carbocycles. The molecule has 0 bridgehead atoms. The molecule has 0 aliphatic rings. The van der Waals surface area contributed by atoms with E-state index in [9.17, 15) is 0 Å². The molecular weight excluding hydrogens is 268 g/mol. The van der Waals surface area contributed by atoms with E-state index < -0.39 is 0 Å². The van der Waals surface area contributed by atoms with Gasteiger partial charge in [-0.2, -0.15) is 0 Å². The molecule has 0 aliphatic heterocycles. The van der Waals surface area contributed by atoms with Crippen LogP contribution in [0.3, 0.4) is 0 Å². The highest BCUT2D eigenvalue weighted by Crippen LogP contribution is 2.09. The summed E-state index contributed by atoms with van der Waals surface area (Å²) in [4.78, 5) is 3.03. The Labute approximate surface area is 131 Å². The third-order valence-electron chi connectivity index (χ3n) is 3.61. The minimum Gasteiger partial charge on any atom is -0.393 e. The first-order valence-electron chi connectivity index (χ1n) is 8.20. The maximum Gasteiger partial charge on any atom is 0.0740 e. The molecule has 4 heteroatoms. The molecule has 0 aromatic rings. The molecule has 0 atom stereocenters. The molecule has 0 amide bonds. The molecule has 2 N–H and O–H groups in total. The number of nitrogens with zero attached hydrogens (tertiary/aromatic N) is 1. The van der Waals surface area contributed by atoms with Gasteiger partial charge in [-0.05, 0) is 13.0 Å². The van der Waals surface area contributed by atoms with Crippen molar-refractivity contribution < 1.29 is 4.74 Å². The summed E-state index contributed by atoms with van der Waals surface area (Å²) in [6, 6.07) is 0. The largest absolute Gasteiger partial charge is 0.393 e. The normalized spacial score (nSPS) is 11.2. The van der Waals surface area contributed by atoms with Gasteiger partial charge in [0.25, 0.3) is 0 Å². The molecule has 0 aromatic heterocycles. The quantitative estimate of drug-likeness (QED) is 0.369. The Morgan fingerprint density at radius 1 is 0.950 bits per heavy atom. The van der Waals surface area contributed by atoms with Gasteiger partial charge in [0.15, 0.2) is 0 Å². The summed E-state index contributed by atoms with van der Waals surface area (Å²) in [6.45, 7) is 6.14. The Bertz CT molecular complexity index is 225. The molecule has 120 valence electrons. The predicted molar refractivity (Wildman–Crippen MR) is 92.3 cm³/mol. The number of nitrogens with two attached hydrogens (primary N) is 1. The van der Waals surface area contributed by atoms with Crippen molar-refractivity contribution in [2.24, 2.45) is 5.73 Å². The first-order valence-corrected chi connectivity index (χ1v) is 8.61. The van der Waals surface area contributed by atoms with Crippen LogP contribution in [-0.4, -0.2) is 43.2 Å². The summed E-state index contributed by atoms with van der Waals surface area (Å²) < 4.78 is 5.16. The fraction of sp³-hybridized carbons (Fsp3) is 0.938. The minimum atomic E-state index is 0.614. The van der Waals surface area contributed by atoms with Crippen molar-refractivity contribution in [2.75, 3.05) is 33.4 Å². The molecule has 20 heavy (non-hydrogen) atoms. The predicted octanol–water partition coefficient (Wildman–Crippen LogP) is 3.75. The van der Waals surface area contributed by atoms with E-state index in [0.717, 1.165) is 32.7 Å². The smallest absolute Gasteiger partial charge is 0.0740 e. The Balaban J connectivity index is 3.54. The van der Waals surface area contributed by atoms with Crippen LogP contribution >= 0.6 is 12.2 Å². The maximum absolute atomic E-state index is 5.58. The number of rotatable bonds is 15. The summed E-state index contributed by atoms with van der Waals surface area (Å²) in [7, 11) is 1.75. The fourth-order valence-electron chi connectivity index (χ4n) is 2.29. The van der Waals surface area contributed by atoms with Crippen LogP contribution in [0.25, 0.3) is 0 Å². The van der Waals surface area contributed by atoms with E-state index in [-0.39, 0.29) is 0 Å². The molecule has 0 aromatic carbocycles. The van der Waals surface area contributed by atoms with Crippen LogP contribution in [0.2, 0.25) is 0 Å². The SMILES string of the molecule is CCCCCCCCCCN(CCOC)CCC(N)=S. The lowest BCUT2D eigenvalue weighted by atomic mass is 10.1. The number of hydrogen-bond acceptors (Lipinski definition) is 3. The van der Waals surface area contributed by atoms with Gasteiger partial charge < -0.3 is 15.4 Å². The van der Waals surface area contributed by atoms with E-state index in [0.29, 0.717) is 4.99 Å². The summed E-state index contributed by atoms with van der Waals surface area (Å²) in [5, 5.41) is 0. The lowest BCUT2D eigenvalue weighted by molar-refractivity contribution is 0.148. The van der Waals surface area contributed by atoms with E-state index in [4.69, 9.17) is 22.7 Å². The summed E-state index contributed by atoms with van der Waals surface area (Å²) in [5.41, 5.74) is 5.58. The van der Waals surface area contributed by atoms with Crippen molar-refractivity contribution in [3.8, 4) is 0 Å². The van der Waals surface area contributed by atoms with Crippen molar-refractivity contribution in [1.82, 2.24) is 4.90 Å². The Morgan fingerprint density at radius 3 is 2.10 bits per heavy atom. The number of thiocarbonyl (C=S) groups is 1. The van der Waals surface area contributed by atoms with E-state index >= 15 is 0 Å². The van der Waals surface area contributed by atoms with Crippen LogP contribution in [0.5, 0.6) is 0 Å². The van der Waals surface area contributed by atoms with Crippen molar-refractivity contribution in [2.45, 2.75) is 64.7 Å². The van der Waals surface area contributed by atoms with Crippen molar-refractivity contribution in [3.63, 3.8) is 0 Å². The van der Waals surface area contributed by atoms with E-state index in [1.54, 1.807) is 7.11 Å². The Hall–Kier alpha value is -0.190. The highest BCUT2D eigenvalue weighted by atomic mass is 32.1. The topological polar surface area (TPSA) is 38.5 Å². The molecule has 0 unspecified atom stereocenters. The Kier molecular flexibility index (Phi) is 15.1. The van der Waals surface area contributed by atoms with Gasteiger partial charge in [0.05, 0.1) is 11.6 Å². The minimum absolute atomic E-state index is 0.614. The average molecular weight is 303 g/mol. The van der Waals surface area contributed by atoms with Gasteiger partial charge in [-0.15, -0.1) is 0 Å². The Morgan fingerprint density at radius 2 is 1.55 bits per heavy atom. The molecule has 0 saturated carbocycles. The number of unbranched alkanes of at least 4 members (excludes halogenated alkanes) is 7. The lowest BCUT2D eigenvalue weighted by Gasteiger charge is -2.21. The standard InChI is InChI=1S/C16H34N2OS/c1-3-4-5-6-7-8-9-10-12-18(14-15-19-2)13-11-16(17)20/h3-15H2,1-2H3,(H2,17,20). The van der Waals surface area contributed by atoms with E-state index in [2.05, 4.69) is 11.8 Å². The second-order valence-corrected chi connectivity index (χ2v) is 6.05. The number of ether oxygens (including phenoxy) is 1. The number of hydrogen-bond donors (Lipinski definition) is 1. The molecule has 3 nitrogen and oxygen atoms in total. The van der Waals surface area contributed by atoms with Crippen LogP contribution in [-0.2, 0) is 4.74 Å². The van der Waals surface area contributed by atoms with Crippen LogP contribution in [0.15, 0.2) is 0 Å². The van der Waals surface area contributed by atoms with Gasteiger partial charge in [0.2, 0.25) is 0 Å². The molecular formula is C16H34N2OS. The summed E-state index contributed by atoms with van der Waals surface area (Å²) >= 11 is 4.95. The van der Waals surface area contributed by atoms with Gasteiger partial charge in [-0.25, -0.2) is 0 Å². The van der Waals surface area contributed by atoms with Crippen LogP contribution in [0.4, 0.5) is 0 Å². The maximum atomic E-state index is 5.58. The second kappa shape index (κ2) is 15.2. The van der Waals surface area contributed by atoms with Gasteiger partial charge in [0, 0.05) is 26.6 Å². The third-order valence-corrected chi connectivity index (χ3v) is 3.82. The molecule has 0 fully saturated rings. The van der Waals surface area contributed by atoms with Crippen molar-refractivity contribution in [1.29, 1.82) is 0 Å². The first-order chi connectivity index (χ1) is 9.70. The lowest BCUT2D eigenvalue weighted by Crippen LogP contribution is -2.31.